The molecule has 1 aromatic heterocycles. The molecule has 3 rings (SSSR count). The normalized spacial score (nSPS) is 17.9. The molecule has 2 amide bonds. The first kappa shape index (κ1) is 17.3. The summed E-state index contributed by atoms with van der Waals surface area (Å²) < 4.78 is 0. The molecule has 132 valence electrons. The standard InChI is InChI=1S/C17H19ClN4O3/c1-10-8-22(13-5-3-12(18)4-6-13)16(24)9-21(10)15(23)7-14-11(2)19-20-17(14)25/h3-6,10H,7-9H2,1-2H3,(H2,19,20,25). The number of benzene rings is 1. The van der Waals surface area contributed by atoms with Gasteiger partial charge in [-0.25, -0.2) is 0 Å². The summed E-state index contributed by atoms with van der Waals surface area (Å²) in [6.45, 7) is 4.01. The van der Waals surface area contributed by atoms with Gasteiger partial charge in [-0.2, -0.15) is 0 Å². The molecule has 0 aliphatic carbocycles. The van der Waals surface area contributed by atoms with E-state index in [-0.39, 0.29) is 36.4 Å². The molecular weight excluding hydrogens is 344 g/mol. The Morgan fingerprint density at radius 3 is 2.52 bits per heavy atom. The van der Waals surface area contributed by atoms with Gasteiger partial charge < -0.3 is 14.9 Å². The lowest BCUT2D eigenvalue weighted by Gasteiger charge is -2.39. The molecule has 2 N–H and O–H groups in total. The summed E-state index contributed by atoms with van der Waals surface area (Å²) in [5.41, 5.74) is 1.50. The zero-order valence-electron chi connectivity index (χ0n) is 14.0. The van der Waals surface area contributed by atoms with Crippen LogP contribution in [-0.2, 0) is 16.0 Å². The Balaban J connectivity index is 1.73. The lowest BCUT2D eigenvalue weighted by Crippen LogP contribution is -2.57. The number of rotatable bonds is 3. The van der Waals surface area contributed by atoms with Crippen molar-refractivity contribution in [2.45, 2.75) is 26.3 Å². The van der Waals surface area contributed by atoms with E-state index in [1.165, 1.54) is 4.90 Å². The van der Waals surface area contributed by atoms with Gasteiger partial charge >= 0.3 is 0 Å². The third-order valence-corrected chi connectivity index (χ3v) is 4.71. The number of piperazine rings is 1. The monoisotopic (exact) mass is 362 g/mol. The number of aromatic amines is 2. The number of aryl methyl sites for hydroxylation is 1. The molecule has 1 aliphatic heterocycles. The SMILES string of the molecule is Cc1[nH][nH]c(=O)c1CC(=O)N1CC(=O)N(c2ccc(Cl)cc2)CC1C. The average Bonchev–Trinajstić information content (AvgIpc) is 2.89. The Hall–Kier alpha value is -2.54. The third-order valence-electron chi connectivity index (χ3n) is 4.46. The number of amides is 2. The molecule has 2 aromatic rings. The molecule has 1 saturated heterocycles. The van der Waals surface area contributed by atoms with E-state index in [4.69, 9.17) is 11.6 Å². The van der Waals surface area contributed by atoms with Crippen LogP contribution in [0.4, 0.5) is 5.69 Å². The second-order valence-electron chi connectivity index (χ2n) is 6.21. The number of nitrogens with one attached hydrogen (secondary N) is 2. The van der Waals surface area contributed by atoms with E-state index < -0.39 is 0 Å². The van der Waals surface area contributed by atoms with Crippen LogP contribution in [0.1, 0.15) is 18.2 Å². The maximum atomic E-state index is 12.6. The molecule has 7 nitrogen and oxygen atoms in total. The van der Waals surface area contributed by atoms with Crippen molar-refractivity contribution in [3.05, 3.63) is 50.9 Å². The number of hydrogen-bond acceptors (Lipinski definition) is 3. The molecule has 0 saturated carbocycles. The topological polar surface area (TPSA) is 89.3 Å². The minimum Gasteiger partial charge on any atom is -0.329 e. The van der Waals surface area contributed by atoms with Crippen molar-refractivity contribution in [2.75, 3.05) is 18.0 Å². The zero-order valence-corrected chi connectivity index (χ0v) is 14.8. The van der Waals surface area contributed by atoms with Crippen molar-refractivity contribution in [1.82, 2.24) is 15.1 Å². The lowest BCUT2D eigenvalue weighted by atomic mass is 10.1. The molecule has 0 spiro atoms. The quantitative estimate of drug-likeness (QED) is 0.866. The van der Waals surface area contributed by atoms with Crippen LogP contribution in [0.5, 0.6) is 0 Å². The highest BCUT2D eigenvalue weighted by molar-refractivity contribution is 6.30. The number of halogens is 1. The molecule has 8 heteroatoms. The number of H-pyrrole nitrogens is 2. The minimum absolute atomic E-state index is 0.00992. The molecule has 1 atom stereocenters. The summed E-state index contributed by atoms with van der Waals surface area (Å²) in [6, 6.07) is 6.88. The Morgan fingerprint density at radius 2 is 1.92 bits per heavy atom. The van der Waals surface area contributed by atoms with E-state index in [1.54, 1.807) is 36.1 Å². The van der Waals surface area contributed by atoms with E-state index in [9.17, 15) is 14.4 Å². The molecule has 1 fully saturated rings. The molecule has 0 bridgehead atoms. The van der Waals surface area contributed by atoms with Gasteiger partial charge in [0.25, 0.3) is 5.56 Å². The molecule has 1 unspecified atom stereocenters. The predicted molar refractivity (Wildman–Crippen MR) is 94.8 cm³/mol. The molecule has 25 heavy (non-hydrogen) atoms. The van der Waals surface area contributed by atoms with Crippen LogP contribution in [0.15, 0.2) is 29.1 Å². The molecule has 1 aliphatic rings. The van der Waals surface area contributed by atoms with Crippen molar-refractivity contribution >= 4 is 29.1 Å². The van der Waals surface area contributed by atoms with Crippen LogP contribution in [0, 0.1) is 6.92 Å². The molecule has 0 radical (unpaired) electrons. The second kappa shape index (κ2) is 6.76. The van der Waals surface area contributed by atoms with Gasteiger partial charge in [-0.1, -0.05) is 11.6 Å². The van der Waals surface area contributed by atoms with Gasteiger partial charge in [-0.3, -0.25) is 19.5 Å². The highest BCUT2D eigenvalue weighted by atomic mass is 35.5. The van der Waals surface area contributed by atoms with Gasteiger partial charge in [0.2, 0.25) is 11.8 Å². The zero-order chi connectivity index (χ0) is 18.1. The molecule has 2 heterocycles. The number of carbonyl (C=O) groups excluding carboxylic acids is 2. The number of anilines is 1. The van der Waals surface area contributed by atoms with Gasteiger partial charge in [0.05, 0.1) is 6.42 Å². The fourth-order valence-corrected chi connectivity index (χ4v) is 3.12. The first-order chi connectivity index (χ1) is 11.9. The van der Waals surface area contributed by atoms with Crippen LogP contribution in [0.3, 0.4) is 0 Å². The van der Waals surface area contributed by atoms with Crippen LogP contribution in [-0.4, -0.2) is 46.0 Å². The summed E-state index contributed by atoms with van der Waals surface area (Å²) in [5, 5.41) is 5.77. The maximum Gasteiger partial charge on any atom is 0.267 e. The highest BCUT2D eigenvalue weighted by Gasteiger charge is 2.33. The predicted octanol–water partition coefficient (Wildman–Crippen LogP) is 1.47. The van der Waals surface area contributed by atoms with Crippen molar-refractivity contribution in [1.29, 1.82) is 0 Å². The largest absolute Gasteiger partial charge is 0.329 e. The third kappa shape index (κ3) is 3.46. The average molecular weight is 363 g/mol. The first-order valence-electron chi connectivity index (χ1n) is 7.98. The number of nitrogens with zero attached hydrogens (tertiary/aromatic N) is 2. The van der Waals surface area contributed by atoms with Crippen molar-refractivity contribution < 1.29 is 9.59 Å². The maximum absolute atomic E-state index is 12.6. The Morgan fingerprint density at radius 1 is 1.24 bits per heavy atom. The summed E-state index contributed by atoms with van der Waals surface area (Å²) in [7, 11) is 0. The van der Waals surface area contributed by atoms with E-state index in [1.807, 2.05) is 6.92 Å². The smallest absolute Gasteiger partial charge is 0.267 e. The molecular formula is C17H19ClN4O3. The Bertz CT molecular complexity index is 856. The van der Waals surface area contributed by atoms with E-state index in [0.717, 1.165) is 5.69 Å². The number of hydrogen-bond donors (Lipinski definition) is 2. The van der Waals surface area contributed by atoms with Gasteiger partial charge in [0.1, 0.15) is 6.54 Å². The summed E-state index contributed by atoms with van der Waals surface area (Å²) >= 11 is 5.89. The van der Waals surface area contributed by atoms with E-state index >= 15 is 0 Å². The second-order valence-corrected chi connectivity index (χ2v) is 6.65. The minimum atomic E-state index is -0.301. The van der Waals surface area contributed by atoms with Crippen molar-refractivity contribution in [3.8, 4) is 0 Å². The summed E-state index contributed by atoms with van der Waals surface area (Å²) in [5.74, 6) is -0.390. The summed E-state index contributed by atoms with van der Waals surface area (Å²) in [4.78, 5) is 40.0. The van der Waals surface area contributed by atoms with Crippen molar-refractivity contribution in [2.24, 2.45) is 0 Å². The van der Waals surface area contributed by atoms with Crippen LogP contribution >= 0.6 is 11.6 Å². The Labute approximate surface area is 149 Å². The Kier molecular flexibility index (Phi) is 4.67. The van der Waals surface area contributed by atoms with Gasteiger partial charge in [-0.05, 0) is 38.1 Å². The fraction of sp³-hybridized carbons (Fsp3) is 0.353. The van der Waals surface area contributed by atoms with Crippen LogP contribution in [0.2, 0.25) is 5.02 Å². The molecule has 1 aromatic carbocycles. The van der Waals surface area contributed by atoms with Crippen LogP contribution in [0.25, 0.3) is 0 Å². The van der Waals surface area contributed by atoms with Gasteiger partial charge in [-0.15, -0.1) is 0 Å². The fourth-order valence-electron chi connectivity index (χ4n) is 2.99. The lowest BCUT2D eigenvalue weighted by molar-refractivity contribution is -0.138. The van der Waals surface area contributed by atoms with Crippen LogP contribution < -0.4 is 10.5 Å². The highest BCUT2D eigenvalue weighted by Crippen LogP contribution is 2.22. The van der Waals surface area contributed by atoms with E-state index in [0.29, 0.717) is 22.8 Å². The number of aromatic nitrogens is 2. The number of carbonyl (C=O) groups is 2. The van der Waals surface area contributed by atoms with Crippen molar-refractivity contribution in [3.63, 3.8) is 0 Å². The van der Waals surface area contributed by atoms with Gasteiger partial charge in [0.15, 0.2) is 0 Å². The van der Waals surface area contributed by atoms with E-state index in [2.05, 4.69) is 10.2 Å². The summed E-state index contributed by atoms with van der Waals surface area (Å²) in [6.07, 6.45) is -0.0246. The van der Waals surface area contributed by atoms with Gasteiger partial charge in [0, 0.05) is 34.6 Å². The first-order valence-corrected chi connectivity index (χ1v) is 8.36.